The molecule has 0 bridgehead atoms. The molecule has 0 spiro atoms. The lowest BCUT2D eigenvalue weighted by molar-refractivity contribution is -0.359. The van der Waals surface area contributed by atoms with Gasteiger partial charge in [-0.25, -0.2) is 0 Å². The van der Waals surface area contributed by atoms with Gasteiger partial charge in [-0.1, -0.05) is 297 Å². The van der Waals surface area contributed by atoms with Crippen LogP contribution in [0.5, 0.6) is 0 Å². The Hall–Kier alpha value is -3.09. The first-order chi connectivity index (χ1) is 44.6. The topological polar surface area (TPSA) is 228 Å². The van der Waals surface area contributed by atoms with Crippen LogP contribution in [0, 0.1) is 0 Å². The molecule has 0 radical (unpaired) electrons. The molecule has 526 valence electrons. The third-order valence-corrected chi connectivity index (χ3v) is 17.5. The number of aliphatic hydroxyl groups is 8. The van der Waals surface area contributed by atoms with Crippen LogP contribution in [0.1, 0.15) is 290 Å². The predicted octanol–water partition coefficient (Wildman–Crippen LogP) is 15.7. The molecule has 2 fully saturated rings. The Morgan fingerprint density at radius 3 is 1.21 bits per heavy atom. The fourth-order valence-electron chi connectivity index (χ4n) is 11.7. The van der Waals surface area contributed by atoms with Crippen molar-refractivity contribution in [2.24, 2.45) is 0 Å². The third-order valence-electron chi connectivity index (χ3n) is 17.5. The SMILES string of the molecule is CC/C=C\C/C=C\C/C=C\C/C=C\C/C=C\C/C=C\CCCCCCCCCCCCCCC(=O)NC(COC1OC(CO)C(OC2OC(CO)C(O)C(O)C2O)C(O)C1O)C(O)/C=C/CC/C=C/CCCCCCCCCCCCCCCCCCCCCC. The summed E-state index contributed by atoms with van der Waals surface area (Å²) in [5.41, 5.74) is 0. The quantitative estimate of drug-likeness (QED) is 0.0204. The number of hydrogen-bond acceptors (Lipinski definition) is 13. The van der Waals surface area contributed by atoms with Crippen molar-refractivity contribution in [2.45, 2.75) is 364 Å². The van der Waals surface area contributed by atoms with Gasteiger partial charge in [0.05, 0.1) is 32.0 Å². The van der Waals surface area contributed by atoms with Gasteiger partial charge in [-0.2, -0.15) is 0 Å². The van der Waals surface area contributed by atoms with E-state index in [2.05, 4.69) is 104 Å². The van der Waals surface area contributed by atoms with E-state index in [9.17, 15) is 45.6 Å². The van der Waals surface area contributed by atoms with Crippen molar-refractivity contribution >= 4 is 5.91 Å². The number of ether oxygens (including phenoxy) is 4. The number of allylic oxidation sites excluding steroid dienone is 15. The lowest BCUT2D eigenvalue weighted by Gasteiger charge is -2.46. The maximum absolute atomic E-state index is 13.4. The maximum atomic E-state index is 13.4. The highest BCUT2D eigenvalue weighted by Crippen LogP contribution is 2.30. The lowest BCUT2D eigenvalue weighted by Crippen LogP contribution is -2.65. The summed E-state index contributed by atoms with van der Waals surface area (Å²) in [4.78, 5) is 13.4. The van der Waals surface area contributed by atoms with Crippen LogP contribution in [-0.2, 0) is 23.7 Å². The zero-order valence-electron chi connectivity index (χ0n) is 57.3. The lowest BCUT2D eigenvalue weighted by atomic mass is 9.97. The number of nitrogens with one attached hydrogen (secondary N) is 1. The van der Waals surface area contributed by atoms with Gasteiger partial charge in [0.1, 0.15) is 48.8 Å². The Morgan fingerprint density at radius 2 is 0.769 bits per heavy atom. The molecular formula is C77H135NO13. The fraction of sp³-hybridized carbons (Fsp3) is 0.779. The van der Waals surface area contributed by atoms with E-state index >= 15 is 0 Å². The van der Waals surface area contributed by atoms with Crippen LogP contribution >= 0.6 is 0 Å². The second kappa shape index (κ2) is 60.6. The number of amides is 1. The standard InChI is InChI=1S/C77H135NO13/c1-3-5-7-9-11-13-15-17-19-21-23-25-27-29-31-32-33-34-35-37-39-41-43-45-47-49-51-53-55-57-59-61-69(82)78-65(64-88-76-74(87)72(85)75(68(63-80)90-76)91-77-73(86)71(84)70(83)67(62-79)89-77)66(81)60-58-56-54-52-50-48-46-44-42-40-38-36-30-28-26-24-22-20-18-16-14-12-10-8-6-4-2/h5,7,11,13,17,19,23,25,29,31,33-34,50,52,58,60,65-68,70-77,79-81,83-87H,3-4,6,8-10,12,14-16,18,20-22,24,26-28,30,32,35-49,51,53-57,59,61-64H2,1-2H3,(H,78,82)/b7-5-,13-11-,19-17-,25-23-,31-29-,34-33-,52-50+,60-58+. The van der Waals surface area contributed by atoms with Gasteiger partial charge < -0.3 is 65.1 Å². The smallest absolute Gasteiger partial charge is 0.220 e. The molecule has 2 rings (SSSR count). The van der Waals surface area contributed by atoms with E-state index in [0.29, 0.717) is 12.8 Å². The Labute approximate surface area is 553 Å². The van der Waals surface area contributed by atoms with E-state index in [0.717, 1.165) is 77.0 Å². The number of aliphatic hydroxyl groups excluding tert-OH is 8. The minimum atomic E-state index is -1.80. The van der Waals surface area contributed by atoms with Crippen LogP contribution in [0.15, 0.2) is 97.2 Å². The van der Waals surface area contributed by atoms with Crippen LogP contribution < -0.4 is 5.32 Å². The fourth-order valence-corrected chi connectivity index (χ4v) is 11.7. The first-order valence-corrected chi connectivity index (χ1v) is 37.0. The van der Waals surface area contributed by atoms with Crippen LogP contribution in [-0.4, -0.2) is 140 Å². The van der Waals surface area contributed by atoms with Gasteiger partial charge >= 0.3 is 0 Å². The molecule has 14 nitrogen and oxygen atoms in total. The van der Waals surface area contributed by atoms with Gasteiger partial charge in [0, 0.05) is 6.42 Å². The van der Waals surface area contributed by atoms with Crippen molar-refractivity contribution in [1.29, 1.82) is 0 Å². The molecule has 2 aliphatic rings. The van der Waals surface area contributed by atoms with Gasteiger partial charge in [-0.05, 0) is 83.5 Å². The maximum Gasteiger partial charge on any atom is 0.220 e. The minimum Gasteiger partial charge on any atom is -0.394 e. The largest absolute Gasteiger partial charge is 0.394 e. The molecule has 12 unspecified atom stereocenters. The van der Waals surface area contributed by atoms with Gasteiger partial charge in [0.25, 0.3) is 0 Å². The van der Waals surface area contributed by atoms with E-state index in [4.69, 9.17) is 18.9 Å². The van der Waals surface area contributed by atoms with Crippen molar-refractivity contribution in [1.82, 2.24) is 5.32 Å². The molecule has 0 aromatic rings. The zero-order chi connectivity index (χ0) is 65.9. The number of rotatable bonds is 60. The van der Waals surface area contributed by atoms with E-state index in [-0.39, 0.29) is 18.9 Å². The Morgan fingerprint density at radius 1 is 0.407 bits per heavy atom. The van der Waals surface area contributed by atoms with Crippen molar-refractivity contribution in [2.75, 3.05) is 19.8 Å². The van der Waals surface area contributed by atoms with E-state index in [1.165, 1.54) is 180 Å². The zero-order valence-corrected chi connectivity index (χ0v) is 57.3. The van der Waals surface area contributed by atoms with Crippen molar-refractivity contribution in [3.05, 3.63) is 97.2 Å². The molecule has 9 N–H and O–H groups in total. The molecule has 0 aromatic carbocycles. The minimum absolute atomic E-state index is 0.252. The molecule has 12 atom stereocenters. The highest BCUT2D eigenvalue weighted by Gasteiger charge is 2.51. The number of carbonyl (C=O) groups is 1. The van der Waals surface area contributed by atoms with E-state index in [1.54, 1.807) is 6.08 Å². The monoisotopic (exact) mass is 1280 g/mol. The average molecular weight is 1280 g/mol. The summed E-state index contributed by atoms with van der Waals surface area (Å²) in [5, 5.41) is 87.5. The Kier molecular flexibility index (Phi) is 55.9. The summed E-state index contributed by atoms with van der Waals surface area (Å²) in [7, 11) is 0. The first kappa shape index (κ1) is 84.0. The summed E-state index contributed by atoms with van der Waals surface area (Å²) in [6.45, 7) is 2.70. The van der Waals surface area contributed by atoms with Crippen LogP contribution in [0.3, 0.4) is 0 Å². The molecule has 91 heavy (non-hydrogen) atoms. The molecule has 2 heterocycles. The number of unbranched alkanes of at least 4 members (excludes halogenated alkanes) is 33. The molecule has 0 aromatic heterocycles. The van der Waals surface area contributed by atoms with Crippen LogP contribution in [0.2, 0.25) is 0 Å². The highest BCUT2D eigenvalue weighted by molar-refractivity contribution is 5.76. The molecule has 2 saturated heterocycles. The second-order valence-corrected chi connectivity index (χ2v) is 25.7. The van der Waals surface area contributed by atoms with Gasteiger partial charge in [0.2, 0.25) is 5.91 Å². The van der Waals surface area contributed by atoms with Gasteiger partial charge in [-0.15, -0.1) is 0 Å². The normalized spacial score (nSPS) is 23.4. The molecule has 2 aliphatic heterocycles. The summed E-state index contributed by atoms with van der Waals surface area (Å²) in [6.07, 6.45) is 68.9. The van der Waals surface area contributed by atoms with Crippen LogP contribution in [0.4, 0.5) is 0 Å². The summed E-state index contributed by atoms with van der Waals surface area (Å²) in [6, 6.07) is -0.940. The first-order valence-electron chi connectivity index (χ1n) is 37.0. The molecule has 1 amide bonds. The van der Waals surface area contributed by atoms with Gasteiger partial charge in [-0.3, -0.25) is 4.79 Å². The number of carbonyl (C=O) groups excluding carboxylic acids is 1. The summed E-state index contributed by atoms with van der Waals surface area (Å²) >= 11 is 0. The summed E-state index contributed by atoms with van der Waals surface area (Å²) < 4.78 is 22.9. The third kappa shape index (κ3) is 44.3. The highest BCUT2D eigenvalue weighted by atomic mass is 16.7. The average Bonchev–Trinajstić information content (AvgIpc) is 1.25. The van der Waals surface area contributed by atoms with Crippen molar-refractivity contribution < 1.29 is 64.6 Å². The van der Waals surface area contributed by atoms with E-state index < -0.39 is 86.8 Å². The molecule has 0 aliphatic carbocycles. The van der Waals surface area contributed by atoms with Crippen molar-refractivity contribution in [3.63, 3.8) is 0 Å². The number of hydrogen-bond donors (Lipinski definition) is 9. The van der Waals surface area contributed by atoms with Crippen LogP contribution in [0.25, 0.3) is 0 Å². The molecule has 0 saturated carbocycles. The molecular weight excluding hydrogens is 1150 g/mol. The Bertz CT molecular complexity index is 1900. The second-order valence-electron chi connectivity index (χ2n) is 25.7. The van der Waals surface area contributed by atoms with Crippen molar-refractivity contribution in [3.8, 4) is 0 Å². The van der Waals surface area contributed by atoms with Gasteiger partial charge in [0.15, 0.2) is 12.6 Å². The Balaban J connectivity index is 1.68. The van der Waals surface area contributed by atoms with E-state index in [1.807, 2.05) is 6.08 Å². The predicted molar refractivity (Wildman–Crippen MR) is 373 cm³/mol. The molecule has 14 heteroatoms. The summed E-state index contributed by atoms with van der Waals surface area (Å²) in [5.74, 6) is -0.252.